The highest BCUT2D eigenvalue weighted by Crippen LogP contribution is 2.43. The number of aromatic nitrogens is 2. The molecule has 7 aromatic carbocycles. The maximum Gasteiger partial charge on any atom is 0.190 e. The number of fused-ring (bicyclic) bond motifs is 10. The lowest BCUT2D eigenvalue weighted by molar-refractivity contribution is 1.09. The van der Waals surface area contributed by atoms with E-state index in [-0.39, 0.29) is 0 Å². The maximum absolute atomic E-state index is 10.7. The van der Waals surface area contributed by atoms with E-state index in [1.54, 1.807) is 6.07 Å². The minimum Gasteiger partial charge on any atom is -0.308 e. The molecule has 0 bridgehead atoms. The SMILES string of the molecule is [C-]#[N+]c1cc(C#N)c(-n2c3ccccc3c3ccc4ccccc4c32)c(-n2c3ccccc3c3ccc4ccccc4c32)c1. The Labute approximate surface area is 252 Å². The number of nitrogens with zero attached hydrogens (tertiary/aromatic N) is 4. The Morgan fingerprint density at radius 3 is 1.59 bits per heavy atom. The molecule has 9 rings (SSSR count). The highest BCUT2D eigenvalue weighted by molar-refractivity contribution is 6.21. The summed E-state index contributed by atoms with van der Waals surface area (Å²) in [5, 5.41) is 19.7. The van der Waals surface area contributed by atoms with Crippen LogP contribution in [0, 0.1) is 17.9 Å². The van der Waals surface area contributed by atoms with Gasteiger partial charge in [-0.05, 0) is 35.0 Å². The molecule has 202 valence electrons. The number of para-hydroxylation sites is 2. The smallest absolute Gasteiger partial charge is 0.190 e. The highest BCUT2D eigenvalue weighted by Gasteiger charge is 2.24. The van der Waals surface area contributed by atoms with Crippen molar-refractivity contribution in [3.8, 4) is 17.4 Å². The second-order valence-corrected chi connectivity index (χ2v) is 11.2. The molecule has 9 aromatic rings. The van der Waals surface area contributed by atoms with E-state index < -0.39 is 0 Å². The van der Waals surface area contributed by atoms with E-state index in [0.717, 1.165) is 76.5 Å². The van der Waals surface area contributed by atoms with Crippen molar-refractivity contribution in [1.82, 2.24) is 9.13 Å². The number of hydrogen-bond donors (Lipinski definition) is 0. The molecule has 0 saturated carbocycles. The van der Waals surface area contributed by atoms with Crippen LogP contribution in [0.4, 0.5) is 5.69 Å². The summed E-state index contributed by atoms with van der Waals surface area (Å²) >= 11 is 0. The van der Waals surface area contributed by atoms with Crippen LogP contribution in [0.25, 0.3) is 81.4 Å². The molecule has 0 aliphatic rings. The summed E-state index contributed by atoms with van der Waals surface area (Å²) in [6.45, 7) is 8.01. The Morgan fingerprint density at radius 1 is 0.523 bits per heavy atom. The summed E-state index contributed by atoms with van der Waals surface area (Å²) in [6, 6.07) is 48.5. The highest BCUT2D eigenvalue weighted by atomic mass is 15.1. The molecule has 4 heteroatoms. The van der Waals surface area contributed by atoms with Crippen molar-refractivity contribution in [1.29, 1.82) is 5.26 Å². The number of benzene rings is 7. The van der Waals surface area contributed by atoms with Crippen LogP contribution in [0.3, 0.4) is 0 Å². The molecule has 0 aliphatic heterocycles. The summed E-state index contributed by atoms with van der Waals surface area (Å²) < 4.78 is 4.52. The molecule has 2 aromatic heterocycles. The van der Waals surface area contributed by atoms with Gasteiger partial charge in [0, 0.05) is 32.3 Å². The van der Waals surface area contributed by atoms with Gasteiger partial charge in [-0.2, -0.15) is 5.26 Å². The second kappa shape index (κ2) is 9.07. The molecule has 0 unspecified atom stereocenters. The Hall–Kier alpha value is -6.36. The first kappa shape index (κ1) is 24.3. The number of rotatable bonds is 2. The van der Waals surface area contributed by atoms with Gasteiger partial charge in [0.05, 0.1) is 45.6 Å². The molecule has 0 aliphatic carbocycles. The van der Waals surface area contributed by atoms with Gasteiger partial charge in [-0.3, -0.25) is 0 Å². The van der Waals surface area contributed by atoms with Crippen molar-refractivity contribution < 1.29 is 0 Å². The quantitative estimate of drug-likeness (QED) is 0.195. The lowest BCUT2D eigenvalue weighted by Crippen LogP contribution is -2.06. The third-order valence-corrected chi connectivity index (χ3v) is 8.91. The Balaban J connectivity index is 1.57. The van der Waals surface area contributed by atoms with E-state index in [9.17, 15) is 5.26 Å². The van der Waals surface area contributed by atoms with Crippen molar-refractivity contribution in [3.63, 3.8) is 0 Å². The van der Waals surface area contributed by atoms with Crippen LogP contribution in [0.15, 0.2) is 133 Å². The summed E-state index contributed by atoms with van der Waals surface area (Å²) in [6.07, 6.45) is 0. The average Bonchev–Trinajstić information content (AvgIpc) is 3.61. The van der Waals surface area contributed by atoms with Gasteiger partial charge in [0.25, 0.3) is 0 Å². The minimum absolute atomic E-state index is 0.428. The van der Waals surface area contributed by atoms with Crippen LogP contribution in [0.5, 0.6) is 0 Å². The molecule has 4 nitrogen and oxygen atoms in total. The van der Waals surface area contributed by atoms with E-state index in [1.807, 2.05) is 12.1 Å². The lowest BCUT2D eigenvalue weighted by Gasteiger charge is -2.20. The largest absolute Gasteiger partial charge is 0.308 e. The van der Waals surface area contributed by atoms with Crippen LogP contribution in [0.1, 0.15) is 5.56 Å². The molecular formula is C40H22N4. The topological polar surface area (TPSA) is 38.0 Å². The van der Waals surface area contributed by atoms with Gasteiger partial charge >= 0.3 is 0 Å². The van der Waals surface area contributed by atoms with E-state index in [1.165, 1.54) is 0 Å². The molecule has 0 fully saturated rings. The summed E-state index contributed by atoms with van der Waals surface area (Å²) in [5.41, 5.74) is 6.58. The Morgan fingerprint density at radius 2 is 1.02 bits per heavy atom. The van der Waals surface area contributed by atoms with Crippen molar-refractivity contribution in [2.45, 2.75) is 0 Å². The van der Waals surface area contributed by atoms with E-state index in [4.69, 9.17) is 6.57 Å². The van der Waals surface area contributed by atoms with E-state index in [2.05, 4.69) is 135 Å². The third-order valence-electron chi connectivity index (χ3n) is 8.91. The van der Waals surface area contributed by atoms with E-state index >= 15 is 0 Å². The van der Waals surface area contributed by atoms with Crippen LogP contribution in [-0.2, 0) is 0 Å². The van der Waals surface area contributed by atoms with Gasteiger partial charge < -0.3 is 9.13 Å². The normalized spacial score (nSPS) is 11.6. The van der Waals surface area contributed by atoms with Gasteiger partial charge in [-0.1, -0.05) is 109 Å². The number of nitriles is 1. The minimum atomic E-state index is 0.428. The molecule has 0 radical (unpaired) electrons. The molecule has 0 spiro atoms. The van der Waals surface area contributed by atoms with Gasteiger partial charge in [0.15, 0.2) is 5.69 Å². The maximum atomic E-state index is 10.7. The molecule has 0 N–H and O–H groups in total. The molecule has 0 atom stereocenters. The zero-order valence-corrected chi connectivity index (χ0v) is 23.5. The Bertz CT molecular complexity index is 2740. The molecule has 2 heterocycles. The van der Waals surface area contributed by atoms with Gasteiger partial charge in [0.2, 0.25) is 0 Å². The zero-order valence-electron chi connectivity index (χ0n) is 23.5. The van der Waals surface area contributed by atoms with Crippen LogP contribution in [-0.4, -0.2) is 9.13 Å². The summed E-state index contributed by atoms with van der Waals surface area (Å²) in [7, 11) is 0. The van der Waals surface area contributed by atoms with Gasteiger partial charge in [-0.15, -0.1) is 0 Å². The summed E-state index contributed by atoms with van der Waals surface area (Å²) in [4.78, 5) is 3.85. The number of hydrogen-bond acceptors (Lipinski definition) is 1. The third kappa shape index (κ3) is 3.20. The van der Waals surface area contributed by atoms with Crippen LogP contribution in [0.2, 0.25) is 0 Å². The lowest BCUT2D eigenvalue weighted by atomic mass is 10.0. The fourth-order valence-electron chi connectivity index (χ4n) is 7.10. The van der Waals surface area contributed by atoms with Crippen LogP contribution >= 0.6 is 0 Å². The van der Waals surface area contributed by atoms with Crippen molar-refractivity contribution in [2.75, 3.05) is 0 Å². The van der Waals surface area contributed by atoms with E-state index in [0.29, 0.717) is 11.3 Å². The zero-order chi connectivity index (χ0) is 29.4. The molecule has 0 amide bonds. The molecule has 44 heavy (non-hydrogen) atoms. The molecular weight excluding hydrogens is 536 g/mol. The standard InChI is InChI=1S/C40H22N4/c1-42-28-22-27(24-41)38(44-36-17-9-7-15-32(36)34-21-19-26-11-3-5-13-30(26)40(34)44)37(23-28)43-35-16-8-6-14-31(35)33-20-18-25-10-2-4-12-29(25)39(33)43/h2-23H. The molecule has 0 saturated heterocycles. The first-order valence-electron chi connectivity index (χ1n) is 14.5. The van der Waals surface area contributed by atoms with Gasteiger partial charge in [0.1, 0.15) is 6.07 Å². The predicted octanol–water partition coefficient (Wildman–Crippen LogP) is 10.6. The van der Waals surface area contributed by atoms with Gasteiger partial charge in [-0.25, -0.2) is 4.85 Å². The monoisotopic (exact) mass is 558 g/mol. The average molecular weight is 559 g/mol. The van der Waals surface area contributed by atoms with Crippen molar-refractivity contribution in [3.05, 3.63) is 150 Å². The summed E-state index contributed by atoms with van der Waals surface area (Å²) in [5.74, 6) is 0. The Kier molecular flexibility index (Phi) is 5.00. The second-order valence-electron chi connectivity index (χ2n) is 11.2. The van der Waals surface area contributed by atoms with Crippen LogP contribution < -0.4 is 0 Å². The first-order valence-corrected chi connectivity index (χ1v) is 14.5. The van der Waals surface area contributed by atoms with Crippen molar-refractivity contribution >= 4 is 70.8 Å². The van der Waals surface area contributed by atoms with Crippen molar-refractivity contribution in [2.24, 2.45) is 0 Å². The first-order chi connectivity index (χ1) is 21.8. The fourth-order valence-corrected chi connectivity index (χ4v) is 7.10. The predicted molar refractivity (Wildman–Crippen MR) is 181 cm³/mol. The fraction of sp³-hybridized carbons (Fsp3) is 0.